The molecule has 0 spiro atoms. The van der Waals surface area contributed by atoms with Crippen LogP contribution in [0.2, 0.25) is 0 Å². The van der Waals surface area contributed by atoms with E-state index in [0.29, 0.717) is 17.9 Å². The third kappa shape index (κ3) is 3.58. The Morgan fingerprint density at radius 1 is 1.12 bits per heavy atom. The fourth-order valence-corrected chi connectivity index (χ4v) is 2.47. The Morgan fingerprint density at radius 2 is 1.88 bits per heavy atom. The molecule has 5 nitrogen and oxygen atoms in total. The normalized spacial score (nSPS) is 19.5. The molecule has 3 rings (SSSR count). The second-order valence-corrected chi connectivity index (χ2v) is 5.61. The molecule has 5 heteroatoms. The van der Waals surface area contributed by atoms with Gasteiger partial charge in [-0.3, -0.25) is 0 Å². The summed E-state index contributed by atoms with van der Waals surface area (Å²) in [5.41, 5.74) is 1.72. The van der Waals surface area contributed by atoms with Crippen LogP contribution in [0.25, 0.3) is 0 Å². The van der Waals surface area contributed by atoms with E-state index in [4.69, 9.17) is 14.2 Å². The minimum Gasteiger partial charge on any atom is -0.493 e. The van der Waals surface area contributed by atoms with Crippen molar-refractivity contribution in [1.82, 2.24) is 0 Å². The van der Waals surface area contributed by atoms with E-state index in [0.717, 1.165) is 18.4 Å². The molecule has 0 amide bonds. The molecular weight excluding hydrogens is 308 g/mol. The van der Waals surface area contributed by atoms with Gasteiger partial charge in [0, 0.05) is 5.56 Å². The summed E-state index contributed by atoms with van der Waals surface area (Å²) < 4.78 is 17.4. The Morgan fingerprint density at radius 3 is 2.54 bits per heavy atom. The van der Waals surface area contributed by atoms with E-state index in [9.17, 15) is 9.90 Å². The van der Waals surface area contributed by atoms with E-state index in [1.165, 1.54) is 6.07 Å². The highest BCUT2D eigenvalue weighted by atomic mass is 16.9. The molecule has 0 unspecified atom stereocenters. The molecule has 0 bridgehead atoms. The molecule has 2 aromatic carbocycles. The highest BCUT2D eigenvalue weighted by Crippen LogP contribution is 2.44. The first-order valence-corrected chi connectivity index (χ1v) is 8.05. The van der Waals surface area contributed by atoms with Crippen LogP contribution >= 0.6 is 0 Å². The molecule has 0 atom stereocenters. The first-order valence-electron chi connectivity index (χ1n) is 8.05. The quantitative estimate of drug-likeness (QED) is 0.767. The topological polar surface area (TPSA) is 65.0 Å². The average molecular weight is 328 g/mol. The van der Waals surface area contributed by atoms with E-state index < -0.39 is 18.5 Å². The summed E-state index contributed by atoms with van der Waals surface area (Å²) >= 11 is 0. The lowest BCUT2D eigenvalue weighted by Gasteiger charge is -2.37. The molecule has 0 aliphatic carbocycles. The van der Waals surface area contributed by atoms with Gasteiger partial charge in [-0.1, -0.05) is 43.7 Å². The van der Waals surface area contributed by atoms with Gasteiger partial charge in [-0.25, -0.2) is 4.79 Å². The van der Waals surface area contributed by atoms with Crippen LogP contribution in [-0.2, 0) is 9.47 Å². The van der Waals surface area contributed by atoms with Crippen molar-refractivity contribution in [3.63, 3.8) is 0 Å². The van der Waals surface area contributed by atoms with Crippen molar-refractivity contribution in [3.8, 4) is 5.75 Å². The van der Waals surface area contributed by atoms with Crippen molar-refractivity contribution in [3.05, 3.63) is 65.2 Å². The Labute approximate surface area is 140 Å². The fourth-order valence-electron chi connectivity index (χ4n) is 2.47. The second-order valence-electron chi connectivity index (χ2n) is 5.61. The summed E-state index contributed by atoms with van der Waals surface area (Å²) in [5, 5.41) is 9.19. The van der Waals surface area contributed by atoms with Crippen LogP contribution in [0, 0.1) is 0 Å². The molecule has 1 aliphatic heterocycles. The summed E-state index contributed by atoms with van der Waals surface area (Å²) in [6, 6.07) is 14.3. The Bertz CT molecular complexity index is 692. The highest BCUT2D eigenvalue weighted by Gasteiger charge is 2.35. The van der Waals surface area contributed by atoms with Gasteiger partial charge in [-0.05, 0) is 24.6 Å². The molecule has 1 fully saturated rings. The number of ether oxygens (including phenoxy) is 3. The number of carboxylic acid groups (broad SMARTS) is 1. The van der Waals surface area contributed by atoms with Crippen LogP contribution < -0.4 is 4.74 Å². The molecule has 24 heavy (non-hydrogen) atoms. The summed E-state index contributed by atoms with van der Waals surface area (Å²) in [6.07, 6.45) is 0.896. The maximum absolute atomic E-state index is 11.2. The maximum Gasteiger partial charge on any atom is 0.335 e. The van der Waals surface area contributed by atoms with E-state index in [-0.39, 0.29) is 5.56 Å². The van der Waals surface area contributed by atoms with Gasteiger partial charge in [0.05, 0.1) is 17.7 Å². The third-order valence-electron chi connectivity index (χ3n) is 3.83. The number of hydrogen-bond donors (Lipinski definition) is 1. The fraction of sp³-hybridized carbons (Fsp3) is 0.316. The summed E-state index contributed by atoms with van der Waals surface area (Å²) in [6.45, 7) is 2.66. The van der Waals surface area contributed by atoms with Crippen LogP contribution in [0.3, 0.4) is 0 Å². The smallest absolute Gasteiger partial charge is 0.335 e. The lowest BCUT2D eigenvalue weighted by molar-refractivity contribution is -0.397. The Kier molecular flexibility index (Phi) is 5.13. The van der Waals surface area contributed by atoms with E-state index in [2.05, 4.69) is 6.92 Å². The van der Waals surface area contributed by atoms with Crippen LogP contribution in [0.4, 0.5) is 0 Å². The predicted molar refractivity (Wildman–Crippen MR) is 87.9 cm³/mol. The molecule has 2 aromatic rings. The molecule has 0 aromatic heterocycles. The minimum absolute atomic E-state index is 0.184. The van der Waals surface area contributed by atoms with Crippen molar-refractivity contribution in [1.29, 1.82) is 0 Å². The van der Waals surface area contributed by atoms with Crippen LogP contribution in [0.5, 0.6) is 5.75 Å². The molecule has 0 radical (unpaired) electrons. The van der Waals surface area contributed by atoms with Crippen molar-refractivity contribution >= 4 is 5.97 Å². The maximum atomic E-state index is 11.2. The van der Waals surface area contributed by atoms with Gasteiger partial charge in [-0.15, -0.1) is 0 Å². The monoisotopic (exact) mass is 328 g/mol. The number of hydrogen-bond acceptors (Lipinski definition) is 4. The summed E-state index contributed by atoms with van der Waals surface area (Å²) in [7, 11) is 0. The highest BCUT2D eigenvalue weighted by molar-refractivity contribution is 5.88. The SMILES string of the molecule is CCCCOc1ccc(C(=O)O)cc1C1OC(c2ccccc2)O1. The molecule has 1 saturated heterocycles. The second kappa shape index (κ2) is 7.47. The Balaban J connectivity index is 1.75. The van der Waals surface area contributed by atoms with Crippen LogP contribution in [0.1, 0.15) is 53.8 Å². The van der Waals surface area contributed by atoms with Gasteiger partial charge >= 0.3 is 5.97 Å². The first kappa shape index (κ1) is 16.5. The molecule has 1 N–H and O–H groups in total. The Hall–Kier alpha value is -2.37. The van der Waals surface area contributed by atoms with Gasteiger partial charge in [-0.2, -0.15) is 0 Å². The van der Waals surface area contributed by atoms with Gasteiger partial charge in [0.25, 0.3) is 0 Å². The van der Waals surface area contributed by atoms with Gasteiger partial charge in [0.1, 0.15) is 5.75 Å². The summed E-state index contributed by atoms with van der Waals surface area (Å²) in [4.78, 5) is 11.2. The number of aromatic carboxylic acids is 1. The van der Waals surface area contributed by atoms with E-state index in [1.807, 2.05) is 30.3 Å². The number of rotatable bonds is 7. The molecular formula is C19H20O5. The first-order chi connectivity index (χ1) is 11.7. The van der Waals surface area contributed by atoms with Crippen LogP contribution in [-0.4, -0.2) is 17.7 Å². The number of unbranched alkanes of at least 4 members (excludes halogenated alkanes) is 1. The zero-order chi connectivity index (χ0) is 16.9. The van der Waals surface area contributed by atoms with E-state index in [1.54, 1.807) is 12.1 Å². The van der Waals surface area contributed by atoms with Crippen molar-refractivity contribution in [2.24, 2.45) is 0 Å². The third-order valence-corrected chi connectivity index (χ3v) is 3.83. The van der Waals surface area contributed by atoms with E-state index >= 15 is 0 Å². The van der Waals surface area contributed by atoms with Crippen molar-refractivity contribution in [2.75, 3.05) is 6.61 Å². The summed E-state index contributed by atoms with van der Waals surface area (Å²) in [5.74, 6) is -0.389. The zero-order valence-corrected chi connectivity index (χ0v) is 13.5. The number of benzene rings is 2. The largest absolute Gasteiger partial charge is 0.493 e. The van der Waals surface area contributed by atoms with Crippen molar-refractivity contribution in [2.45, 2.75) is 32.3 Å². The minimum atomic E-state index is -0.990. The molecule has 1 aliphatic rings. The zero-order valence-electron chi connectivity index (χ0n) is 13.5. The standard InChI is InChI=1S/C19H20O5/c1-2-3-11-22-16-10-9-14(17(20)21)12-15(16)19-23-18(24-19)13-7-5-4-6-8-13/h4-10,12,18-19H,2-3,11H2,1H3,(H,20,21). The number of carboxylic acids is 1. The van der Waals surface area contributed by atoms with Gasteiger partial charge < -0.3 is 19.3 Å². The van der Waals surface area contributed by atoms with Crippen LogP contribution in [0.15, 0.2) is 48.5 Å². The molecule has 1 heterocycles. The molecule has 126 valence electrons. The average Bonchev–Trinajstić information content (AvgIpc) is 2.55. The van der Waals surface area contributed by atoms with Gasteiger partial charge in [0.15, 0.2) is 12.6 Å². The predicted octanol–water partition coefficient (Wildman–Crippen LogP) is 4.31. The van der Waals surface area contributed by atoms with Crippen molar-refractivity contribution < 1.29 is 24.1 Å². The lowest BCUT2D eigenvalue weighted by atomic mass is 10.1. The molecule has 0 saturated carbocycles. The lowest BCUT2D eigenvalue weighted by Crippen LogP contribution is -2.28. The number of carbonyl (C=O) groups is 1. The van der Waals surface area contributed by atoms with Gasteiger partial charge in [0.2, 0.25) is 0 Å².